The van der Waals surface area contributed by atoms with Gasteiger partial charge < -0.3 is 14.8 Å². The zero-order chi connectivity index (χ0) is 17.5. The largest absolute Gasteiger partial charge is 0.481 e. The minimum absolute atomic E-state index is 0.0845. The van der Waals surface area contributed by atoms with Crippen LogP contribution in [0.1, 0.15) is 46.1 Å². The molecular formula is C18H27NO4. The standard InChI is InChI=1S/C18H27NO4/c1-13(17(21)19-12-6-7-16(20)22-5)23-15-10-8-14(9-11-15)18(2,3)4/h8-11,13H,6-7,12H2,1-5H3,(H,19,21). The van der Waals surface area contributed by atoms with Crippen molar-refractivity contribution in [3.8, 4) is 5.75 Å². The number of methoxy groups -OCH3 is 1. The molecule has 0 aliphatic heterocycles. The summed E-state index contributed by atoms with van der Waals surface area (Å²) < 4.78 is 10.2. The third-order valence-electron chi connectivity index (χ3n) is 3.49. The van der Waals surface area contributed by atoms with Crippen LogP contribution in [0.15, 0.2) is 24.3 Å². The van der Waals surface area contributed by atoms with E-state index in [0.29, 0.717) is 25.1 Å². The van der Waals surface area contributed by atoms with Crippen LogP contribution in [0.5, 0.6) is 5.75 Å². The minimum Gasteiger partial charge on any atom is -0.481 e. The molecule has 1 atom stereocenters. The van der Waals surface area contributed by atoms with Crippen molar-refractivity contribution in [3.63, 3.8) is 0 Å². The summed E-state index contributed by atoms with van der Waals surface area (Å²) in [6.07, 6.45) is 0.250. The monoisotopic (exact) mass is 321 g/mol. The van der Waals surface area contributed by atoms with Crippen molar-refractivity contribution in [1.82, 2.24) is 5.32 Å². The average molecular weight is 321 g/mol. The van der Waals surface area contributed by atoms with Gasteiger partial charge >= 0.3 is 5.97 Å². The van der Waals surface area contributed by atoms with Crippen LogP contribution in [-0.2, 0) is 19.7 Å². The Kier molecular flexibility index (Phi) is 7.07. The summed E-state index contributed by atoms with van der Waals surface area (Å²) in [4.78, 5) is 22.9. The van der Waals surface area contributed by atoms with Crippen LogP contribution in [0.25, 0.3) is 0 Å². The van der Waals surface area contributed by atoms with E-state index < -0.39 is 6.10 Å². The van der Waals surface area contributed by atoms with Gasteiger partial charge in [0.1, 0.15) is 5.75 Å². The van der Waals surface area contributed by atoms with Gasteiger partial charge in [0.15, 0.2) is 6.10 Å². The van der Waals surface area contributed by atoms with Crippen LogP contribution in [0, 0.1) is 0 Å². The topological polar surface area (TPSA) is 64.6 Å². The number of esters is 1. The summed E-state index contributed by atoms with van der Waals surface area (Å²) >= 11 is 0. The molecule has 0 spiro atoms. The normalized spacial score (nSPS) is 12.4. The zero-order valence-corrected chi connectivity index (χ0v) is 14.6. The number of hydrogen-bond donors (Lipinski definition) is 1. The second-order valence-corrected chi connectivity index (χ2v) is 6.51. The molecule has 1 aromatic carbocycles. The Labute approximate surface area is 138 Å². The molecule has 5 nitrogen and oxygen atoms in total. The predicted octanol–water partition coefficient (Wildman–Crippen LogP) is 2.82. The summed E-state index contributed by atoms with van der Waals surface area (Å²) in [7, 11) is 1.35. The van der Waals surface area contributed by atoms with Crippen molar-refractivity contribution < 1.29 is 19.1 Å². The van der Waals surface area contributed by atoms with E-state index in [1.54, 1.807) is 6.92 Å². The first-order valence-corrected chi connectivity index (χ1v) is 7.85. The van der Waals surface area contributed by atoms with Crippen LogP contribution in [0.2, 0.25) is 0 Å². The Morgan fingerprint density at radius 2 is 1.78 bits per heavy atom. The number of nitrogens with one attached hydrogen (secondary N) is 1. The van der Waals surface area contributed by atoms with Gasteiger partial charge in [0.25, 0.3) is 5.91 Å². The molecule has 1 aromatic rings. The fraction of sp³-hybridized carbons (Fsp3) is 0.556. The fourth-order valence-electron chi connectivity index (χ4n) is 1.98. The van der Waals surface area contributed by atoms with Gasteiger partial charge in [0.2, 0.25) is 0 Å². The summed E-state index contributed by atoms with van der Waals surface area (Å²) in [5, 5.41) is 2.75. The Morgan fingerprint density at radius 1 is 1.17 bits per heavy atom. The maximum atomic E-state index is 11.9. The third-order valence-corrected chi connectivity index (χ3v) is 3.49. The van der Waals surface area contributed by atoms with E-state index in [1.165, 1.54) is 12.7 Å². The van der Waals surface area contributed by atoms with Gasteiger partial charge in [0, 0.05) is 13.0 Å². The van der Waals surface area contributed by atoms with Gasteiger partial charge in [-0.2, -0.15) is 0 Å². The van der Waals surface area contributed by atoms with Crippen molar-refractivity contribution >= 4 is 11.9 Å². The lowest BCUT2D eigenvalue weighted by Gasteiger charge is -2.20. The lowest BCUT2D eigenvalue weighted by molar-refractivity contribution is -0.140. The number of rotatable bonds is 7. The summed E-state index contributed by atoms with van der Waals surface area (Å²) in [6, 6.07) is 7.77. The van der Waals surface area contributed by atoms with Crippen LogP contribution in [-0.4, -0.2) is 31.6 Å². The smallest absolute Gasteiger partial charge is 0.305 e. The predicted molar refractivity (Wildman–Crippen MR) is 89.5 cm³/mol. The molecule has 1 unspecified atom stereocenters. The van der Waals surface area contributed by atoms with Gasteiger partial charge in [-0.25, -0.2) is 0 Å². The molecule has 5 heteroatoms. The SMILES string of the molecule is COC(=O)CCCNC(=O)C(C)Oc1ccc(C(C)(C)C)cc1. The van der Waals surface area contributed by atoms with Crippen LogP contribution in [0.3, 0.4) is 0 Å². The molecule has 1 N–H and O–H groups in total. The van der Waals surface area contributed by atoms with Crippen molar-refractivity contribution in [2.45, 2.75) is 52.1 Å². The highest BCUT2D eigenvalue weighted by atomic mass is 16.5. The van der Waals surface area contributed by atoms with E-state index in [9.17, 15) is 9.59 Å². The Bertz CT molecular complexity index is 517. The molecule has 23 heavy (non-hydrogen) atoms. The summed E-state index contributed by atoms with van der Waals surface area (Å²) in [6.45, 7) is 8.56. The lowest BCUT2D eigenvalue weighted by atomic mass is 9.87. The van der Waals surface area contributed by atoms with Gasteiger partial charge in [-0.1, -0.05) is 32.9 Å². The van der Waals surface area contributed by atoms with Gasteiger partial charge in [0.05, 0.1) is 7.11 Å². The second-order valence-electron chi connectivity index (χ2n) is 6.51. The van der Waals surface area contributed by atoms with Crippen LogP contribution in [0.4, 0.5) is 0 Å². The van der Waals surface area contributed by atoms with Crippen molar-refractivity contribution in [2.24, 2.45) is 0 Å². The fourth-order valence-corrected chi connectivity index (χ4v) is 1.98. The molecule has 0 heterocycles. The highest BCUT2D eigenvalue weighted by Crippen LogP contribution is 2.24. The zero-order valence-electron chi connectivity index (χ0n) is 14.6. The molecule has 1 rings (SSSR count). The highest BCUT2D eigenvalue weighted by molar-refractivity contribution is 5.80. The maximum Gasteiger partial charge on any atom is 0.305 e. The number of ether oxygens (including phenoxy) is 2. The number of carbonyl (C=O) groups is 2. The lowest BCUT2D eigenvalue weighted by Crippen LogP contribution is -2.37. The number of benzene rings is 1. The van der Waals surface area contributed by atoms with Crippen LogP contribution >= 0.6 is 0 Å². The molecule has 128 valence electrons. The van der Waals surface area contributed by atoms with Gasteiger partial charge in [-0.15, -0.1) is 0 Å². The van der Waals surface area contributed by atoms with Crippen molar-refractivity contribution in [2.75, 3.05) is 13.7 Å². The number of carbonyl (C=O) groups excluding carboxylic acids is 2. The summed E-state index contributed by atoms with van der Waals surface area (Å²) in [5.74, 6) is 0.187. The second kappa shape index (κ2) is 8.56. The maximum absolute atomic E-state index is 11.9. The van der Waals surface area contributed by atoms with E-state index in [1.807, 2.05) is 24.3 Å². The molecule has 0 saturated heterocycles. The molecule has 0 aliphatic rings. The van der Waals surface area contributed by atoms with Crippen molar-refractivity contribution in [3.05, 3.63) is 29.8 Å². The number of hydrogen-bond acceptors (Lipinski definition) is 4. The highest BCUT2D eigenvalue weighted by Gasteiger charge is 2.16. The Hall–Kier alpha value is -2.04. The van der Waals surface area contributed by atoms with Crippen molar-refractivity contribution in [1.29, 1.82) is 0 Å². The first-order chi connectivity index (χ1) is 10.7. The van der Waals surface area contributed by atoms with E-state index in [0.717, 1.165) is 0 Å². The van der Waals surface area contributed by atoms with Gasteiger partial charge in [-0.05, 0) is 36.5 Å². The third kappa shape index (κ3) is 6.72. The van der Waals surface area contributed by atoms with E-state index in [-0.39, 0.29) is 17.3 Å². The Balaban J connectivity index is 2.41. The molecular weight excluding hydrogens is 294 g/mol. The molecule has 0 bridgehead atoms. The summed E-state index contributed by atoms with van der Waals surface area (Å²) in [5.41, 5.74) is 1.30. The molecule has 1 amide bonds. The van der Waals surface area contributed by atoms with Gasteiger partial charge in [-0.3, -0.25) is 9.59 Å². The molecule has 0 saturated carbocycles. The quantitative estimate of drug-likeness (QED) is 0.619. The van der Waals surface area contributed by atoms with E-state index in [2.05, 4.69) is 30.8 Å². The van der Waals surface area contributed by atoms with E-state index >= 15 is 0 Å². The molecule has 0 fully saturated rings. The average Bonchev–Trinajstić information content (AvgIpc) is 2.50. The van der Waals surface area contributed by atoms with Crippen LogP contribution < -0.4 is 10.1 Å². The Morgan fingerprint density at radius 3 is 2.30 bits per heavy atom. The molecule has 0 radical (unpaired) electrons. The molecule has 0 aliphatic carbocycles. The minimum atomic E-state index is -0.589. The molecule has 0 aromatic heterocycles. The first-order valence-electron chi connectivity index (χ1n) is 7.85. The first kappa shape index (κ1) is 19.0. The number of amides is 1. The van der Waals surface area contributed by atoms with E-state index in [4.69, 9.17) is 4.74 Å².